The highest BCUT2D eigenvalue weighted by molar-refractivity contribution is 6.02. The zero-order chi connectivity index (χ0) is 12.4. The number of halogens is 1. The van der Waals surface area contributed by atoms with Crippen LogP contribution in [0.4, 0.5) is 10.1 Å². The Labute approximate surface area is 98.3 Å². The third kappa shape index (κ3) is 2.53. The molecule has 88 valence electrons. The Balaban J connectivity index is 2.18. The monoisotopic (exact) mass is 233 g/mol. The first kappa shape index (κ1) is 11.4. The minimum absolute atomic E-state index is 0.242. The lowest BCUT2D eigenvalue weighted by Gasteiger charge is -2.06. The minimum Gasteiger partial charge on any atom is -0.456 e. The lowest BCUT2D eigenvalue weighted by molar-refractivity contribution is 0.0995. The van der Waals surface area contributed by atoms with Gasteiger partial charge in [0.2, 0.25) is 0 Å². The maximum Gasteiger partial charge on any atom is 0.291 e. The summed E-state index contributed by atoms with van der Waals surface area (Å²) in [5.74, 6) is 0.249. The van der Waals surface area contributed by atoms with Crippen molar-refractivity contribution in [3.05, 3.63) is 53.2 Å². The largest absolute Gasteiger partial charge is 0.456 e. The highest BCUT2D eigenvalue weighted by atomic mass is 19.1. The van der Waals surface area contributed by atoms with Crippen molar-refractivity contribution in [3.63, 3.8) is 0 Å². The van der Waals surface area contributed by atoms with Crippen molar-refractivity contribution in [3.8, 4) is 0 Å². The van der Waals surface area contributed by atoms with Crippen LogP contribution in [0.3, 0.4) is 0 Å². The van der Waals surface area contributed by atoms with Crippen LogP contribution >= 0.6 is 0 Å². The fourth-order valence-corrected chi connectivity index (χ4v) is 1.51. The predicted octanol–water partition coefficient (Wildman–Crippen LogP) is 3.29. The quantitative estimate of drug-likeness (QED) is 0.864. The summed E-state index contributed by atoms with van der Waals surface area (Å²) in [6.07, 6.45) is 0. The van der Waals surface area contributed by atoms with Crippen LogP contribution in [0.5, 0.6) is 0 Å². The lowest BCUT2D eigenvalue weighted by atomic mass is 10.2. The van der Waals surface area contributed by atoms with Gasteiger partial charge in [0.15, 0.2) is 5.76 Å². The molecule has 0 saturated carbocycles. The molecule has 1 aromatic heterocycles. The van der Waals surface area contributed by atoms with Crippen molar-refractivity contribution >= 4 is 11.6 Å². The summed E-state index contributed by atoms with van der Waals surface area (Å²) >= 11 is 0. The molecule has 0 bridgehead atoms. The van der Waals surface area contributed by atoms with E-state index in [-0.39, 0.29) is 17.5 Å². The summed E-state index contributed by atoms with van der Waals surface area (Å²) in [6.45, 7) is 3.49. The lowest BCUT2D eigenvalue weighted by Crippen LogP contribution is -2.11. The Bertz CT molecular complexity index is 560. The molecule has 2 aromatic rings. The number of amides is 1. The van der Waals surface area contributed by atoms with Crippen molar-refractivity contribution in [2.24, 2.45) is 0 Å². The number of carbonyl (C=O) groups excluding carboxylic acids is 1. The summed E-state index contributed by atoms with van der Waals surface area (Å²) in [5, 5.41) is 2.67. The molecule has 0 saturated heterocycles. The molecule has 0 atom stereocenters. The van der Waals surface area contributed by atoms with Crippen LogP contribution in [0.1, 0.15) is 21.9 Å². The number of furan rings is 1. The second-order valence-corrected chi connectivity index (χ2v) is 3.82. The zero-order valence-electron chi connectivity index (χ0n) is 9.58. The average Bonchev–Trinajstić information content (AvgIpc) is 2.69. The van der Waals surface area contributed by atoms with Gasteiger partial charge >= 0.3 is 0 Å². The molecule has 0 aliphatic rings. The van der Waals surface area contributed by atoms with E-state index in [1.807, 2.05) is 0 Å². The first-order chi connectivity index (χ1) is 8.06. The smallest absolute Gasteiger partial charge is 0.291 e. The van der Waals surface area contributed by atoms with Crippen molar-refractivity contribution in [2.75, 3.05) is 5.32 Å². The molecule has 0 spiro atoms. The van der Waals surface area contributed by atoms with E-state index >= 15 is 0 Å². The van der Waals surface area contributed by atoms with Gasteiger partial charge in [-0.2, -0.15) is 0 Å². The van der Waals surface area contributed by atoms with Crippen LogP contribution < -0.4 is 5.32 Å². The van der Waals surface area contributed by atoms with Crippen LogP contribution in [0.2, 0.25) is 0 Å². The molecule has 3 nitrogen and oxygen atoms in total. The Morgan fingerprint density at radius 2 is 2.00 bits per heavy atom. The second kappa shape index (κ2) is 4.41. The van der Waals surface area contributed by atoms with Gasteiger partial charge in [-0.1, -0.05) is 0 Å². The molecule has 0 unspecified atom stereocenters. The Hall–Kier alpha value is -2.10. The number of anilines is 1. The topological polar surface area (TPSA) is 42.2 Å². The number of aryl methyl sites for hydroxylation is 2. The molecule has 1 N–H and O–H groups in total. The van der Waals surface area contributed by atoms with Gasteiger partial charge in [-0.05, 0) is 49.7 Å². The van der Waals surface area contributed by atoms with Gasteiger partial charge in [0.1, 0.15) is 11.6 Å². The summed E-state index contributed by atoms with van der Waals surface area (Å²) in [7, 11) is 0. The number of hydrogen-bond acceptors (Lipinski definition) is 2. The van der Waals surface area contributed by atoms with E-state index in [1.54, 1.807) is 26.0 Å². The van der Waals surface area contributed by atoms with Gasteiger partial charge in [-0.3, -0.25) is 4.79 Å². The predicted molar refractivity (Wildman–Crippen MR) is 62.5 cm³/mol. The fraction of sp³-hybridized carbons (Fsp3) is 0.154. The van der Waals surface area contributed by atoms with E-state index in [2.05, 4.69) is 5.32 Å². The molecule has 1 amide bonds. The van der Waals surface area contributed by atoms with Gasteiger partial charge in [-0.25, -0.2) is 4.39 Å². The van der Waals surface area contributed by atoms with Gasteiger partial charge in [0.25, 0.3) is 5.91 Å². The number of nitrogens with one attached hydrogen (secondary N) is 1. The highest BCUT2D eigenvalue weighted by Crippen LogP contribution is 2.17. The van der Waals surface area contributed by atoms with E-state index in [4.69, 9.17) is 4.42 Å². The maximum atomic E-state index is 12.9. The van der Waals surface area contributed by atoms with E-state index < -0.39 is 0 Å². The molecular weight excluding hydrogens is 221 g/mol. The number of benzene rings is 1. The molecule has 0 aliphatic heterocycles. The Kier molecular flexibility index (Phi) is 2.95. The molecule has 17 heavy (non-hydrogen) atoms. The second-order valence-electron chi connectivity index (χ2n) is 3.82. The summed E-state index contributed by atoms with van der Waals surface area (Å²) in [4.78, 5) is 11.8. The van der Waals surface area contributed by atoms with Crippen molar-refractivity contribution in [2.45, 2.75) is 13.8 Å². The fourth-order valence-electron chi connectivity index (χ4n) is 1.51. The van der Waals surface area contributed by atoms with Crippen molar-refractivity contribution < 1.29 is 13.6 Å². The first-order valence-electron chi connectivity index (χ1n) is 5.20. The van der Waals surface area contributed by atoms with Crippen LogP contribution in [0.25, 0.3) is 0 Å². The van der Waals surface area contributed by atoms with Gasteiger partial charge < -0.3 is 9.73 Å². The Morgan fingerprint density at radius 1 is 1.24 bits per heavy atom. The maximum absolute atomic E-state index is 12.9. The van der Waals surface area contributed by atoms with Gasteiger partial charge in [-0.15, -0.1) is 0 Å². The van der Waals surface area contributed by atoms with E-state index in [1.165, 1.54) is 18.2 Å². The molecular formula is C13H12FNO2. The number of rotatable bonds is 2. The molecule has 0 radical (unpaired) electrons. The van der Waals surface area contributed by atoms with Crippen LogP contribution in [-0.4, -0.2) is 5.91 Å². The molecule has 1 aromatic carbocycles. The van der Waals surface area contributed by atoms with Crippen molar-refractivity contribution in [1.82, 2.24) is 0 Å². The third-order valence-electron chi connectivity index (χ3n) is 2.40. The molecule has 0 aliphatic carbocycles. The summed E-state index contributed by atoms with van der Waals surface area (Å²) in [6, 6.07) is 7.51. The standard InChI is InChI=1S/C13H12FNO2/c1-8-7-10(14)4-5-11(8)15-13(16)12-6-3-9(2)17-12/h3-7H,1-2H3,(H,15,16). The molecule has 4 heteroatoms. The average molecular weight is 233 g/mol. The third-order valence-corrected chi connectivity index (χ3v) is 2.40. The summed E-state index contributed by atoms with van der Waals surface area (Å²) < 4.78 is 18.1. The van der Waals surface area contributed by atoms with E-state index in [0.29, 0.717) is 17.0 Å². The number of carbonyl (C=O) groups is 1. The van der Waals surface area contributed by atoms with E-state index in [0.717, 1.165) is 0 Å². The highest BCUT2D eigenvalue weighted by Gasteiger charge is 2.11. The van der Waals surface area contributed by atoms with Crippen LogP contribution in [0, 0.1) is 19.7 Å². The molecule has 2 rings (SSSR count). The minimum atomic E-state index is -0.340. The summed E-state index contributed by atoms with van der Waals surface area (Å²) in [5.41, 5.74) is 1.24. The van der Waals surface area contributed by atoms with Gasteiger partial charge in [0, 0.05) is 5.69 Å². The number of hydrogen-bond donors (Lipinski definition) is 1. The van der Waals surface area contributed by atoms with Gasteiger partial charge in [0.05, 0.1) is 0 Å². The van der Waals surface area contributed by atoms with Crippen LogP contribution in [0.15, 0.2) is 34.7 Å². The molecule has 1 heterocycles. The first-order valence-corrected chi connectivity index (χ1v) is 5.20. The Morgan fingerprint density at radius 3 is 2.59 bits per heavy atom. The zero-order valence-corrected chi connectivity index (χ0v) is 9.58. The molecule has 0 fully saturated rings. The SMILES string of the molecule is Cc1ccc(C(=O)Nc2ccc(F)cc2C)o1. The van der Waals surface area contributed by atoms with E-state index in [9.17, 15) is 9.18 Å². The van der Waals surface area contributed by atoms with Crippen molar-refractivity contribution in [1.29, 1.82) is 0 Å². The normalized spacial score (nSPS) is 10.3. The van der Waals surface area contributed by atoms with Crippen LogP contribution in [-0.2, 0) is 0 Å².